The van der Waals surface area contributed by atoms with Crippen molar-refractivity contribution < 1.29 is 19.7 Å². The highest BCUT2D eigenvalue weighted by Crippen LogP contribution is 2.61. The van der Waals surface area contributed by atoms with Crippen LogP contribution in [0.2, 0.25) is 0 Å². The second-order valence-electron chi connectivity index (χ2n) is 11.0. The molecular weight excluding hydrogens is 464 g/mol. The number of likely N-dealkylation sites (tertiary alicyclic amines) is 1. The highest BCUT2D eigenvalue weighted by molar-refractivity contribution is 5.91. The lowest BCUT2D eigenvalue weighted by molar-refractivity contribution is -0.175. The molecule has 0 aromatic heterocycles. The molecular formula is C31H38N2O4. The number of aryl methyl sites for hydroxylation is 1. The van der Waals surface area contributed by atoms with Gasteiger partial charge in [-0.1, -0.05) is 42.0 Å². The number of methoxy groups -OCH3 is 1. The summed E-state index contributed by atoms with van der Waals surface area (Å²) in [5.74, 6) is 0.506. The van der Waals surface area contributed by atoms with Gasteiger partial charge in [-0.05, 0) is 68.8 Å². The van der Waals surface area contributed by atoms with Gasteiger partial charge >= 0.3 is 0 Å². The van der Waals surface area contributed by atoms with Crippen molar-refractivity contribution >= 4 is 12.0 Å². The number of rotatable bonds is 6. The topological polar surface area (TPSA) is 73.2 Å². The molecule has 2 aliphatic carbocycles. The fourth-order valence-electron chi connectivity index (χ4n) is 7.32. The summed E-state index contributed by atoms with van der Waals surface area (Å²) in [7, 11) is 3.44. The summed E-state index contributed by atoms with van der Waals surface area (Å²) in [5, 5.41) is 23.2. The Kier molecular flexibility index (Phi) is 6.67. The molecule has 1 saturated heterocycles. The number of hydrogen-bond donors (Lipinski definition) is 2. The number of ether oxygens (including phenoxy) is 1. The predicted octanol–water partition coefficient (Wildman–Crippen LogP) is 4.22. The zero-order valence-corrected chi connectivity index (χ0v) is 22.1. The molecule has 1 amide bonds. The van der Waals surface area contributed by atoms with Gasteiger partial charge in [0.25, 0.3) is 0 Å². The largest absolute Gasteiger partial charge is 0.504 e. The van der Waals surface area contributed by atoms with E-state index in [9.17, 15) is 15.0 Å². The Morgan fingerprint density at radius 3 is 2.84 bits per heavy atom. The van der Waals surface area contributed by atoms with Gasteiger partial charge in [-0.3, -0.25) is 9.69 Å². The highest BCUT2D eigenvalue weighted by atomic mass is 16.5. The Labute approximate surface area is 219 Å². The first-order valence-corrected chi connectivity index (χ1v) is 13.2. The average molecular weight is 503 g/mol. The Balaban J connectivity index is 1.51. The highest BCUT2D eigenvalue weighted by Gasteiger charge is 2.65. The number of carbonyl (C=O) groups is 1. The first-order chi connectivity index (χ1) is 17.7. The monoisotopic (exact) mass is 502 g/mol. The van der Waals surface area contributed by atoms with Crippen LogP contribution in [0, 0.1) is 6.92 Å². The van der Waals surface area contributed by atoms with Gasteiger partial charge in [0.05, 0.1) is 12.7 Å². The van der Waals surface area contributed by atoms with Crippen molar-refractivity contribution in [3.05, 3.63) is 77.4 Å². The molecule has 2 aromatic rings. The van der Waals surface area contributed by atoms with Gasteiger partial charge in [-0.2, -0.15) is 0 Å². The number of benzene rings is 2. The van der Waals surface area contributed by atoms with Gasteiger partial charge in [-0.15, -0.1) is 6.58 Å². The molecule has 1 aliphatic heterocycles. The van der Waals surface area contributed by atoms with E-state index < -0.39 is 11.0 Å². The van der Waals surface area contributed by atoms with Crippen LogP contribution in [0.1, 0.15) is 47.9 Å². The van der Waals surface area contributed by atoms with Crippen molar-refractivity contribution in [3.8, 4) is 11.5 Å². The van der Waals surface area contributed by atoms with Crippen LogP contribution < -0.4 is 4.74 Å². The lowest BCUT2D eigenvalue weighted by Gasteiger charge is -2.65. The molecule has 6 heteroatoms. The Morgan fingerprint density at radius 1 is 1.30 bits per heavy atom. The van der Waals surface area contributed by atoms with Crippen molar-refractivity contribution in [2.24, 2.45) is 0 Å². The van der Waals surface area contributed by atoms with Crippen LogP contribution >= 0.6 is 0 Å². The lowest BCUT2D eigenvalue weighted by Crippen LogP contribution is -2.74. The van der Waals surface area contributed by atoms with E-state index in [0.29, 0.717) is 31.4 Å². The molecule has 1 saturated carbocycles. The number of carbonyl (C=O) groups excluding carboxylic acids is 1. The van der Waals surface area contributed by atoms with Crippen LogP contribution in [0.5, 0.6) is 11.5 Å². The number of aromatic hydroxyl groups is 1. The number of hydrogen-bond acceptors (Lipinski definition) is 5. The molecule has 2 N–H and O–H groups in total. The Bertz CT molecular complexity index is 1240. The molecule has 2 bridgehead atoms. The molecule has 5 rings (SSSR count). The maximum absolute atomic E-state index is 13.3. The van der Waals surface area contributed by atoms with Crippen molar-refractivity contribution in [2.45, 2.75) is 62.1 Å². The number of amides is 1. The molecule has 37 heavy (non-hydrogen) atoms. The maximum Gasteiger partial charge on any atom is 0.246 e. The van der Waals surface area contributed by atoms with E-state index in [1.807, 2.05) is 55.3 Å². The number of likely N-dealkylation sites (N-methyl/N-ethyl adjacent to an activating group) is 1. The van der Waals surface area contributed by atoms with Crippen molar-refractivity contribution in [3.63, 3.8) is 0 Å². The minimum Gasteiger partial charge on any atom is -0.504 e. The molecule has 0 spiro atoms. The lowest BCUT2D eigenvalue weighted by atomic mass is 9.48. The minimum absolute atomic E-state index is 0.0421. The van der Waals surface area contributed by atoms with E-state index in [4.69, 9.17) is 4.74 Å². The van der Waals surface area contributed by atoms with Crippen LogP contribution in [0.25, 0.3) is 6.08 Å². The molecule has 196 valence electrons. The normalized spacial score (nSPS) is 28.9. The minimum atomic E-state index is -0.986. The number of fused-ring (bicyclic) bond motifs is 1. The zero-order chi connectivity index (χ0) is 26.4. The van der Waals surface area contributed by atoms with Gasteiger partial charge < -0.3 is 19.8 Å². The fraction of sp³-hybridized carbons (Fsp3) is 0.452. The van der Waals surface area contributed by atoms with Gasteiger partial charge in [0.1, 0.15) is 0 Å². The SMILES string of the molecule is C=CCN1CC[C@]23C[C@H](N(C)C(=O)C=Cc4cccc(C)c4)CC[C@@]2(O)[C@H]1Cc1ccc(O)c(OC)c13. The van der Waals surface area contributed by atoms with Gasteiger partial charge in [0, 0.05) is 42.7 Å². The summed E-state index contributed by atoms with van der Waals surface area (Å²) in [6.07, 6.45) is 8.74. The van der Waals surface area contributed by atoms with E-state index in [1.165, 1.54) is 0 Å². The van der Waals surface area contributed by atoms with Crippen molar-refractivity contribution in [1.29, 1.82) is 0 Å². The van der Waals surface area contributed by atoms with Crippen molar-refractivity contribution in [1.82, 2.24) is 9.80 Å². The number of phenols is 1. The molecule has 4 atom stereocenters. The second-order valence-corrected chi connectivity index (χ2v) is 11.0. The summed E-state index contributed by atoms with van der Waals surface area (Å²) in [5.41, 5.74) is 2.57. The predicted molar refractivity (Wildman–Crippen MR) is 146 cm³/mol. The maximum atomic E-state index is 13.3. The summed E-state index contributed by atoms with van der Waals surface area (Å²) < 4.78 is 5.76. The fourth-order valence-corrected chi connectivity index (χ4v) is 7.32. The number of nitrogens with zero attached hydrogens (tertiary/aromatic N) is 2. The molecule has 1 heterocycles. The van der Waals surface area contributed by atoms with E-state index in [1.54, 1.807) is 19.3 Å². The average Bonchev–Trinajstić information content (AvgIpc) is 2.88. The van der Waals surface area contributed by atoms with Crippen LogP contribution in [-0.2, 0) is 16.6 Å². The van der Waals surface area contributed by atoms with Crippen molar-refractivity contribution in [2.75, 3.05) is 27.2 Å². The third-order valence-corrected chi connectivity index (χ3v) is 9.13. The summed E-state index contributed by atoms with van der Waals surface area (Å²) >= 11 is 0. The second kappa shape index (κ2) is 9.66. The molecule has 6 nitrogen and oxygen atoms in total. The third kappa shape index (κ3) is 4.07. The number of phenolic OH excluding ortho intramolecular Hbond substituents is 1. The van der Waals surface area contributed by atoms with Crippen LogP contribution in [0.3, 0.4) is 0 Å². The first kappa shape index (κ1) is 25.6. The molecule has 0 unspecified atom stereocenters. The van der Waals surface area contributed by atoms with Crippen LogP contribution in [-0.4, -0.2) is 70.9 Å². The van der Waals surface area contributed by atoms with Gasteiger partial charge in [0.15, 0.2) is 11.5 Å². The smallest absolute Gasteiger partial charge is 0.246 e. The summed E-state index contributed by atoms with van der Waals surface area (Å²) in [4.78, 5) is 17.4. The van der Waals surface area contributed by atoms with E-state index in [-0.39, 0.29) is 23.7 Å². The van der Waals surface area contributed by atoms with Crippen LogP contribution in [0.15, 0.2) is 55.1 Å². The summed E-state index contributed by atoms with van der Waals surface area (Å²) in [6, 6.07) is 11.6. The quantitative estimate of drug-likeness (QED) is 0.457. The summed E-state index contributed by atoms with van der Waals surface area (Å²) in [6.45, 7) is 7.51. The Morgan fingerprint density at radius 2 is 2.11 bits per heavy atom. The van der Waals surface area contributed by atoms with E-state index >= 15 is 0 Å². The molecule has 2 aromatic carbocycles. The van der Waals surface area contributed by atoms with E-state index in [0.717, 1.165) is 41.8 Å². The molecule has 2 fully saturated rings. The number of piperidine rings is 1. The molecule has 0 radical (unpaired) electrons. The Hall–Kier alpha value is -3.09. The molecule has 3 aliphatic rings. The first-order valence-electron chi connectivity index (χ1n) is 13.2. The zero-order valence-electron chi connectivity index (χ0n) is 22.1. The number of aliphatic hydroxyl groups is 1. The standard InChI is InChI=1S/C31H38N2O4/c1-5-16-33-17-15-30-20-24(32(3)27(35)12-9-22-8-6-7-21(2)18-22)13-14-31(30,36)26(33)19-23-10-11-25(34)29(37-4)28(23)30/h5-12,18,24,26,34,36H,1,13-17,19-20H2,2-4H3/t24-,26-,30-,31-/m1/s1. The van der Waals surface area contributed by atoms with Gasteiger partial charge in [0.2, 0.25) is 5.91 Å². The third-order valence-electron chi connectivity index (χ3n) is 9.13. The van der Waals surface area contributed by atoms with E-state index in [2.05, 4.69) is 17.5 Å². The van der Waals surface area contributed by atoms with Gasteiger partial charge in [-0.25, -0.2) is 0 Å². The van der Waals surface area contributed by atoms with Crippen LogP contribution in [0.4, 0.5) is 0 Å².